The number of pyridine rings is 1. The van der Waals surface area contributed by atoms with Crippen molar-refractivity contribution >= 4 is 38.5 Å². The molecule has 6 heteroatoms. The second-order valence-corrected chi connectivity index (χ2v) is 4.79. The van der Waals surface area contributed by atoms with Crippen LogP contribution in [0.1, 0.15) is 15.9 Å². The van der Waals surface area contributed by atoms with Gasteiger partial charge in [-0.3, -0.25) is 4.98 Å². The number of carbonyl (C=O) groups excluding carboxylic acids is 1. The quantitative estimate of drug-likeness (QED) is 0.860. The summed E-state index contributed by atoms with van der Waals surface area (Å²) in [6.07, 6.45) is 1.43. The average Bonchev–Trinajstić information content (AvgIpc) is 2.42. The van der Waals surface area contributed by atoms with Gasteiger partial charge < -0.3 is 10.1 Å². The summed E-state index contributed by atoms with van der Waals surface area (Å²) in [5, 5.41) is 3.44. The van der Waals surface area contributed by atoms with Gasteiger partial charge in [0.1, 0.15) is 11.4 Å². The fraction of sp³-hybridized carbons (Fsp3) is 0.231. The van der Waals surface area contributed by atoms with Gasteiger partial charge in [-0.15, -0.1) is 0 Å². The highest BCUT2D eigenvalue weighted by molar-refractivity contribution is 9.10. The first-order valence-corrected chi connectivity index (χ1v) is 6.34. The highest BCUT2D eigenvalue weighted by Gasteiger charge is 2.19. The molecule has 100 valence electrons. The molecule has 19 heavy (non-hydrogen) atoms. The van der Waals surface area contributed by atoms with E-state index in [2.05, 4.69) is 26.2 Å². The maximum atomic E-state index is 13.8. The van der Waals surface area contributed by atoms with Gasteiger partial charge in [-0.05, 0) is 34.5 Å². The molecule has 2 aromatic rings. The first-order valence-electron chi connectivity index (χ1n) is 5.54. The Kier molecular flexibility index (Phi) is 3.71. The zero-order chi connectivity index (χ0) is 14.2. The van der Waals surface area contributed by atoms with Crippen LogP contribution >= 0.6 is 15.9 Å². The molecule has 1 N–H and O–H groups in total. The number of fused-ring (bicyclic) bond motifs is 1. The summed E-state index contributed by atoms with van der Waals surface area (Å²) in [6.45, 7) is 1.77. The van der Waals surface area contributed by atoms with Crippen LogP contribution in [0, 0.1) is 12.7 Å². The van der Waals surface area contributed by atoms with Gasteiger partial charge in [-0.1, -0.05) is 0 Å². The maximum Gasteiger partial charge on any atom is 0.341 e. The number of nitrogens with one attached hydrogen (secondary N) is 1. The van der Waals surface area contributed by atoms with Gasteiger partial charge in [0.2, 0.25) is 0 Å². The average molecular weight is 327 g/mol. The zero-order valence-corrected chi connectivity index (χ0v) is 12.3. The lowest BCUT2D eigenvalue weighted by Gasteiger charge is -2.13. The summed E-state index contributed by atoms with van der Waals surface area (Å²) in [6, 6.07) is 1.40. The van der Waals surface area contributed by atoms with Crippen LogP contribution in [0.5, 0.6) is 0 Å². The van der Waals surface area contributed by atoms with Crippen molar-refractivity contribution in [2.24, 2.45) is 0 Å². The van der Waals surface area contributed by atoms with Gasteiger partial charge in [0.15, 0.2) is 0 Å². The number of methoxy groups -OCH3 is 1. The van der Waals surface area contributed by atoms with E-state index in [0.29, 0.717) is 22.2 Å². The number of aromatic nitrogens is 1. The van der Waals surface area contributed by atoms with Crippen molar-refractivity contribution < 1.29 is 13.9 Å². The van der Waals surface area contributed by atoms with Gasteiger partial charge in [-0.25, -0.2) is 9.18 Å². The summed E-state index contributed by atoms with van der Waals surface area (Å²) in [7, 11) is 2.95. The number of ether oxygens (including phenoxy) is 1. The SMILES string of the molecule is CNc1c(C(=O)OC)cnc2c(C)cc(F)c(Br)c12. The molecule has 0 radical (unpaired) electrons. The predicted molar refractivity (Wildman–Crippen MR) is 75.0 cm³/mol. The largest absolute Gasteiger partial charge is 0.465 e. The van der Waals surface area contributed by atoms with Crippen molar-refractivity contribution in [1.82, 2.24) is 4.98 Å². The Morgan fingerprint density at radius 2 is 2.21 bits per heavy atom. The molecule has 0 atom stereocenters. The van der Waals surface area contributed by atoms with Crippen molar-refractivity contribution in [3.05, 3.63) is 33.7 Å². The van der Waals surface area contributed by atoms with E-state index in [9.17, 15) is 9.18 Å². The van der Waals surface area contributed by atoms with Crippen LogP contribution < -0.4 is 5.32 Å². The molecule has 0 aliphatic heterocycles. The third-order valence-corrected chi connectivity index (χ3v) is 3.66. The molecule has 0 bridgehead atoms. The molecule has 1 aromatic heterocycles. The van der Waals surface area contributed by atoms with E-state index < -0.39 is 11.8 Å². The summed E-state index contributed by atoms with van der Waals surface area (Å²) in [5.41, 5.74) is 2.09. The highest BCUT2D eigenvalue weighted by atomic mass is 79.9. The van der Waals surface area contributed by atoms with Crippen LogP contribution in [-0.4, -0.2) is 25.1 Å². The number of esters is 1. The summed E-state index contributed by atoms with van der Waals surface area (Å²) in [4.78, 5) is 15.9. The molecular weight excluding hydrogens is 315 g/mol. The number of rotatable bonds is 2. The van der Waals surface area contributed by atoms with Gasteiger partial charge in [0.05, 0.1) is 22.8 Å². The molecule has 0 saturated carbocycles. The van der Waals surface area contributed by atoms with Crippen molar-refractivity contribution in [2.75, 3.05) is 19.5 Å². The molecule has 0 aliphatic rings. The normalized spacial score (nSPS) is 10.6. The fourth-order valence-corrected chi connectivity index (χ4v) is 2.49. The number of nitrogens with zero attached hydrogens (tertiary/aromatic N) is 1. The van der Waals surface area contributed by atoms with E-state index in [1.165, 1.54) is 19.4 Å². The van der Waals surface area contributed by atoms with Gasteiger partial charge in [-0.2, -0.15) is 0 Å². The third kappa shape index (κ3) is 2.16. The molecular formula is C13H12BrFN2O2. The second-order valence-electron chi connectivity index (χ2n) is 4.00. The minimum atomic E-state index is -0.521. The Balaban J connectivity index is 2.93. The van der Waals surface area contributed by atoms with Crippen LogP contribution in [-0.2, 0) is 4.74 Å². The predicted octanol–water partition coefficient (Wildman–Crippen LogP) is 3.27. The van der Waals surface area contributed by atoms with E-state index in [0.717, 1.165) is 0 Å². The van der Waals surface area contributed by atoms with E-state index in [-0.39, 0.29) is 10.0 Å². The number of aryl methyl sites for hydroxylation is 1. The van der Waals surface area contributed by atoms with Crippen LogP contribution in [0.4, 0.5) is 10.1 Å². The monoisotopic (exact) mass is 326 g/mol. The molecule has 1 heterocycles. The van der Waals surface area contributed by atoms with Gasteiger partial charge in [0, 0.05) is 18.6 Å². The van der Waals surface area contributed by atoms with Crippen molar-refractivity contribution in [1.29, 1.82) is 0 Å². The van der Waals surface area contributed by atoms with Crippen molar-refractivity contribution in [3.8, 4) is 0 Å². The maximum absolute atomic E-state index is 13.8. The Morgan fingerprint density at radius 1 is 1.53 bits per heavy atom. The van der Waals surface area contributed by atoms with Crippen LogP contribution in [0.3, 0.4) is 0 Å². The van der Waals surface area contributed by atoms with E-state index in [1.54, 1.807) is 14.0 Å². The number of hydrogen-bond acceptors (Lipinski definition) is 4. The van der Waals surface area contributed by atoms with E-state index in [1.807, 2.05) is 0 Å². The van der Waals surface area contributed by atoms with Crippen LogP contribution in [0.2, 0.25) is 0 Å². The molecule has 0 fully saturated rings. The molecule has 1 aromatic carbocycles. The molecule has 4 nitrogen and oxygen atoms in total. The number of carbonyl (C=O) groups is 1. The molecule has 0 spiro atoms. The second kappa shape index (κ2) is 5.13. The lowest BCUT2D eigenvalue weighted by Crippen LogP contribution is -2.08. The molecule has 0 amide bonds. The highest BCUT2D eigenvalue weighted by Crippen LogP contribution is 2.35. The molecule has 0 aliphatic carbocycles. The lowest BCUT2D eigenvalue weighted by atomic mass is 10.1. The Bertz CT molecular complexity index is 673. The van der Waals surface area contributed by atoms with E-state index >= 15 is 0 Å². The first-order chi connectivity index (χ1) is 9.01. The lowest BCUT2D eigenvalue weighted by molar-refractivity contribution is 0.0601. The number of benzene rings is 1. The Hall–Kier alpha value is -1.69. The summed E-state index contributed by atoms with van der Waals surface area (Å²) < 4.78 is 18.8. The van der Waals surface area contributed by atoms with Gasteiger partial charge >= 0.3 is 5.97 Å². The molecule has 0 unspecified atom stereocenters. The number of halogens is 2. The number of hydrogen-bond donors (Lipinski definition) is 1. The van der Waals surface area contributed by atoms with Gasteiger partial charge in [0.25, 0.3) is 0 Å². The minimum absolute atomic E-state index is 0.267. The van der Waals surface area contributed by atoms with E-state index in [4.69, 9.17) is 4.74 Å². The smallest absolute Gasteiger partial charge is 0.341 e. The first kappa shape index (κ1) is 13.7. The fourth-order valence-electron chi connectivity index (χ4n) is 1.99. The van der Waals surface area contributed by atoms with Crippen LogP contribution in [0.25, 0.3) is 10.9 Å². The minimum Gasteiger partial charge on any atom is -0.465 e. The summed E-state index contributed by atoms with van der Waals surface area (Å²) in [5.74, 6) is -0.919. The zero-order valence-electron chi connectivity index (χ0n) is 10.7. The Labute approximate surface area is 118 Å². The third-order valence-electron chi connectivity index (χ3n) is 2.88. The topological polar surface area (TPSA) is 51.2 Å². The summed E-state index contributed by atoms with van der Waals surface area (Å²) >= 11 is 3.20. The standard InChI is InChI=1S/C13H12BrFN2O2/c1-6-4-8(15)10(14)9-11(6)17-5-7(12(9)16-2)13(18)19-3/h4-5H,1-3H3,(H,16,17). The Morgan fingerprint density at radius 3 is 2.79 bits per heavy atom. The molecule has 0 saturated heterocycles. The van der Waals surface area contributed by atoms with Crippen molar-refractivity contribution in [3.63, 3.8) is 0 Å². The van der Waals surface area contributed by atoms with Crippen molar-refractivity contribution in [2.45, 2.75) is 6.92 Å². The number of anilines is 1. The van der Waals surface area contributed by atoms with Crippen LogP contribution in [0.15, 0.2) is 16.7 Å². The molecule has 2 rings (SSSR count).